The first-order valence-electron chi connectivity index (χ1n) is 9.95. The number of anilines is 1. The molecule has 2 aromatic carbocycles. The quantitative estimate of drug-likeness (QED) is 0.284. The molecular weight excluding hydrogens is 464 g/mol. The highest BCUT2D eigenvalue weighted by molar-refractivity contribution is 6.33. The number of pyridine rings is 1. The normalized spacial score (nSPS) is 13.0. The van der Waals surface area contributed by atoms with E-state index in [1.165, 1.54) is 37.4 Å². The Morgan fingerprint density at radius 1 is 1.18 bits per heavy atom. The minimum absolute atomic E-state index is 0.126. The van der Waals surface area contributed by atoms with Gasteiger partial charge in [-0.1, -0.05) is 11.6 Å². The Kier molecular flexibility index (Phi) is 5.92. The zero-order chi connectivity index (χ0) is 23.9. The molecule has 1 heterocycles. The van der Waals surface area contributed by atoms with Crippen LogP contribution in [-0.4, -0.2) is 5.91 Å². The Labute approximate surface area is 191 Å². The first-order chi connectivity index (χ1) is 15.6. The van der Waals surface area contributed by atoms with Crippen molar-refractivity contribution in [2.45, 2.75) is 32.4 Å². The summed E-state index contributed by atoms with van der Waals surface area (Å²) in [7, 11) is 0. The summed E-state index contributed by atoms with van der Waals surface area (Å²) < 4.78 is 61.2. The number of alkyl halides is 3. The lowest BCUT2D eigenvalue weighted by Crippen LogP contribution is -2.26. The molecule has 1 N–H and O–H groups in total. The zero-order valence-corrected chi connectivity index (χ0v) is 18.0. The van der Waals surface area contributed by atoms with E-state index >= 15 is 0 Å². The fraction of sp³-hybridized carbons (Fsp3) is 0.217. The van der Waals surface area contributed by atoms with E-state index < -0.39 is 28.5 Å². The number of carbonyl (C=O) groups excluding carboxylic acids is 1. The molecule has 5 nitrogen and oxygen atoms in total. The predicted octanol–water partition coefficient (Wildman–Crippen LogP) is 5.97. The second-order valence-electron chi connectivity index (χ2n) is 7.60. The number of ether oxygens (including phenoxy) is 1. The van der Waals surface area contributed by atoms with Gasteiger partial charge in [-0.2, -0.15) is 17.9 Å². The maximum absolute atomic E-state index is 14.1. The molecule has 0 aliphatic heterocycles. The van der Waals surface area contributed by atoms with Crippen LogP contribution in [0.2, 0.25) is 5.02 Å². The van der Waals surface area contributed by atoms with E-state index in [2.05, 4.69) is 5.32 Å². The van der Waals surface area contributed by atoms with Crippen LogP contribution in [0.3, 0.4) is 0 Å². The maximum Gasteiger partial charge on any atom is 0.417 e. The first-order valence-corrected chi connectivity index (χ1v) is 10.3. The zero-order valence-electron chi connectivity index (χ0n) is 17.2. The van der Waals surface area contributed by atoms with Gasteiger partial charge in [-0.05, 0) is 61.6 Å². The highest BCUT2D eigenvalue weighted by Crippen LogP contribution is 2.44. The van der Waals surface area contributed by atoms with Crippen LogP contribution < -0.4 is 14.8 Å². The minimum atomic E-state index is -4.80. The highest BCUT2D eigenvalue weighted by Gasteiger charge is 2.37. The van der Waals surface area contributed by atoms with Crippen LogP contribution in [0.25, 0.3) is 0 Å². The van der Waals surface area contributed by atoms with Crippen molar-refractivity contribution >= 4 is 23.2 Å². The van der Waals surface area contributed by atoms with Crippen molar-refractivity contribution in [1.82, 2.24) is 0 Å². The van der Waals surface area contributed by atoms with Crippen molar-refractivity contribution in [2.24, 2.45) is 0 Å². The van der Waals surface area contributed by atoms with Gasteiger partial charge in [0.05, 0.1) is 16.1 Å². The fourth-order valence-corrected chi connectivity index (χ4v) is 4.15. The van der Waals surface area contributed by atoms with Crippen LogP contribution in [0.15, 0.2) is 42.7 Å². The number of rotatable bonds is 4. The number of fused-ring (bicyclic) bond motifs is 1. The van der Waals surface area contributed by atoms with Crippen LogP contribution in [0.4, 0.5) is 23.2 Å². The Morgan fingerprint density at radius 2 is 1.91 bits per heavy atom. The lowest BCUT2D eigenvalue weighted by molar-refractivity contribution is -0.604. The van der Waals surface area contributed by atoms with Crippen molar-refractivity contribution in [3.8, 4) is 11.5 Å². The fourth-order valence-electron chi connectivity index (χ4n) is 3.90. The molecule has 0 saturated carbocycles. The van der Waals surface area contributed by atoms with E-state index in [1.54, 1.807) is 0 Å². The second kappa shape index (κ2) is 8.55. The number of amides is 1. The van der Waals surface area contributed by atoms with Crippen LogP contribution in [0.5, 0.6) is 11.5 Å². The van der Waals surface area contributed by atoms with E-state index in [-0.39, 0.29) is 28.3 Å². The van der Waals surface area contributed by atoms with Crippen LogP contribution >= 0.6 is 11.6 Å². The number of hydrogen-bond donors (Lipinski definition) is 1. The average Bonchev–Trinajstić information content (AvgIpc) is 3.23. The summed E-state index contributed by atoms with van der Waals surface area (Å²) in [5.74, 6) is -1.44. The van der Waals surface area contributed by atoms with E-state index in [1.807, 2.05) is 0 Å². The molecule has 1 aromatic heterocycles. The molecule has 33 heavy (non-hydrogen) atoms. The molecule has 0 atom stereocenters. The molecule has 0 unspecified atom stereocenters. The molecular formula is C23H17ClF4N2O3. The van der Waals surface area contributed by atoms with E-state index in [9.17, 15) is 27.6 Å². The average molecular weight is 481 g/mol. The lowest BCUT2D eigenvalue weighted by Gasteiger charge is -2.20. The van der Waals surface area contributed by atoms with E-state index in [4.69, 9.17) is 16.3 Å². The topological polar surface area (TPSA) is 65.3 Å². The van der Waals surface area contributed by atoms with Crippen molar-refractivity contribution < 1.29 is 31.8 Å². The van der Waals surface area contributed by atoms with Gasteiger partial charge in [0.1, 0.15) is 23.0 Å². The van der Waals surface area contributed by atoms with Gasteiger partial charge in [0.25, 0.3) is 5.91 Å². The van der Waals surface area contributed by atoms with Crippen molar-refractivity contribution in [3.05, 3.63) is 86.6 Å². The van der Waals surface area contributed by atoms with Crippen molar-refractivity contribution in [2.75, 3.05) is 5.32 Å². The van der Waals surface area contributed by atoms with Gasteiger partial charge < -0.3 is 15.3 Å². The van der Waals surface area contributed by atoms with Crippen LogP contribution in [0.1, 0.15) is 39.0 Å². The van der Waals surface area contributed by atoms with Gasteiger partial charge in [-0.3, -0.25) is 4.79 Å². The summed E-state index contributed by atoms with van der Waals surface area (Å²) in [4.78, 5) is 13.1. The van der Waals surface area contributed by atoms with Crippen molar-refractivity contribution in [1.29, 1.82) is 0 Å². The van der Waals surface area contributed by atoms with Crippen LogP contribution in [-0.2, 0) is 19.0 Å². The van der Waals surface area contributed by atoms with Gasteiger partial charge in [-0.15, -0.1) is 0 Å². The van der Waals surface area contributed by atoms with Gasteiger partial charge in [-0.25, -0.2) is 4.39 Å². The van der Waals surface area contributed by atoms with E-state index in [0.717, 1.165) is 6.20 Å². The van der Waals surface area contributed by atoms with Gasteiger partial charge in [0, 0.05) is 11.6 Å². The highest BCUT2D eigenvalue weighted by atomic mass is 35.5. The summed E-state index contributed by atoms with van der Waals surface area (Å²) in [6.45, 7) is 1.27. The number of aromatic nitrogens is 1. The summed E-state index contributed by atoms with van der Waals surface area (Å²) in [5.41, 5.74) is -0.415. The van der Waals surface area contributed by atoms with Gasteiger partial charge in [0.15, 0.2) is 6.20 Å². The summed E-state index contributed by atoms with van der Waals surface area (Å²) in [6.07, 6.45) is -0.839. The molecule has 1 aliphatic carbocycles. The summed E-state index contributed by atoms with van der Waals surface area (Å²) in [6, 6.07) is 6.02. The largest absolute Gasteiger partial charge is 0.619 e. The molecule has 0 spiro atoms. The Hall–Kier alpha value is -3.33. The number of halogens is 5. The summed E-state index contributed by atoms with van der Waals surface area (Å²) >= 11 is 5.99. The van der Waals surface area contributed by atoms with E-state index in [0.29, 0.717) is 41.2 Å². The maximum atomic E-state index is 14.1. The number of hydrogen-bond acceptors (Lipinski definition) is 3. The van der Waals surface area contributed by atoms with Crippen LogP contribution in [0, 0.1) is 17.9 Å². The Bertz CT molecular complexity index is 1260. The molecule has 0 saturated heterocycles. The van der Waals surface area contributed by atoms with Crippen molar-refractivity contribution in [3.63, 3.8) is 0 Å². The molecule has 0 bridgehead atoms. The number of carbonyl (C=O) groups is 1. The second-order valence-corrected chi connectivity index (χ2v) is 7.98. The lowest BCUT2D eigenvalue weighted by atomic mass is 10.0. The smallest absolute Gasteiger partial charge is 0.417 e. The standard InChI is InChI=1S/C23H17ClF4N2O3/c1-12-20(22(31)29-13-4-3-9-30(32)11-13)19(10-16(21(12)24)23(26,27)28)33-18-8-7-17(25)14-5-2-6-15(14)18/h3-4,7-11H,2,5-6H2,1H3,(H,29,31). The predicted molar refractivity (Wildman–Crippen MR) is 113 cm³/mol. The molecule has 172 valence electrons. The third kappa shape index (κ3) is 4.45. The third-order valence-corrected chi connectivity index (χ3v) is 5.92. The number of nitrogens with one attached hydrogen (secondary N) is 1. The molecule has 10 heteroatoms. The number of benzene rings is 2. The minimum Gasteiger partial charge on any atom is -0.619 e. The monoisotopic (exact) mass is 480 g/mol. The molecule has 0 radical (unpaired) electrons. The first kappa shape index (κ1) is 22.8. The summed E-state index contributed by atoms with van der Waals surface area (Å²) in [5, 5.41) is 13.3. The van der Waals surface area contributed by atoms with Gasteiger partial charge in [0.2, 0.25) is 6.20 Å². The molecule has 0 fully saturated rings. The number of nitrogens with zero attached hydrogens (tertiary/aromatic N) is 1. The third-order valence-electron chi connectivity index (χ3n) is 5.43. The Morgan fingerprint density at radius 3 is 2.61 bits per heavy atom. The SMILES string of the molecule is Cc1c(Cl)c(C(F)(F)F)cc(Oc2ccc(F)c3c2CCC3)c1C(=O)Nc1ccc[n+]([O-])c1. The molecule has 1 aliphatic rings. The molecule has 1 amide bonds. The van der Waals surface area contributed by atoms with Gasteiger partial charge >= 0.3 is 6.18 Å². The Balaban J connectivity index is 1.83. The molecule has 3 aromatic rings. The molecule has 4 rings (SSSR count).